The number of sulfone groups is 2. The predicted molar refractivity (Wildman–Crippen MR) is 72.5 cm³/mol. The van der Waals surface area contributed by atoms with E-state index in [1.807, 2.05) is 0 Å². The van der Waals surface area contributed by atoms with Crippen molar-refractivity contribution < 1.29 is 62.2 Å². The SMILES string of the molecule is CC(C[C-](S(=O)(=O)C(F)(F)F)S(=O)(=O)C(F)(F)F)OC(=O)C1CCC(=O)O1. The van der Waals surface area contributed by atoms with Crippen LogP contribution in [0.15, 0.2) is 0 Å². The van der Waals surface area contributed by atoms with Crippen molar-refractivity contribution >= 4 is 31.6 Å². The van der Waals surface area contributed by atoms with E-state index in [4.69, 9.17) is 0 Å². The van der Waals surface area contributed by atoms with Gasteiger partial charge >= 0.3 is 23.0 Å². The number of hydrogen-bond donors (Lipinski definition) is 0. The van der Waals surface area contributed by atoms with Gasteiger partial charge in [0.1, 0.15) is 19.7 Å². The third-order valence-corrected chi connectivity index (χ3v) is 7.20. The van der Waals surface area contributed by atoms with Gasteiger partial charge in [-0.05, 0) is 6.92 Å². The Morgan fingerprint density at radius 2 is 1.59 bits per heavy atom. The average Bonchev–Trinajstić information content (AvgIpc) is 2.88. The van der Waals surface area contributed by atoms with Gasteiger partial charge in [0.25, 0.3) is 0 Å². The summed E-state index contributed by atoms with van der Waals surface area (Å²) in [6.45, 7) is 0.673. The van der Waals surface area contributed by atoms with Crippen molar-refractivity contribution in [1.82, 2.24) is 0 Å². The number of hydrogen-bond acceptors (Lipinski definition) is 8. The Balaban J connectivity index is 3.12. The van der Waals surface area contributed by atoms with Crippen molar-refractivity contribution in [1.29, 1.82) is 0 Å². The van der Waals surface area contributed by atoms with Crippen LogP contribution < -0.4 is 0 Å². The molecule has 8 nitrogen and oxygen atoms in total. The highest BCUT2D eigenvalue weighted by Gasteiger charge is 2.54. The molecule has 0 aromatic rings. The van der Waals surface area contributed by atoms with Crippen molar-refractivity contribution in [3.63, 3.8) is 0 Å². The molecular weight excluding hydrogens is 438 g/mol. The highest BCUT2D eigenvalue weighted by Crippen LogP contribution is 2.43. The first-order valence-electron chi connectivity index (χ1n) is 6.79. The minimum atomic E-state index is -6.91. The molecule has 1 heterocycles. The summed E-state index contributed by atoms with van der Waals surface area (Å²) in [5.41, 5.74) is -12.7. The Morgan fingerprint density at radius 1 is 1.15 bits per heavy atom. The van der Waals surface area contributed by atoms with Gasteiger partial charge < -0.3 is 9.47 Å². The fraction of sp³-hybridized carbons (Fsp3) is 0.727. The first-order chi connectivity index (χ1) is 11.9. The lowest BCUT2D eigenvalue weighted by Crippen LogP contribution is -2.41. The molecule has 0 radical (unpaired) electrons. The van der Waals surface area contributed by atoms with Crippen LogP contribution in [0.4, 0.5) is 26.3 Å². The van der Waals surface area contributed by atoms with Crippen LogP contribution in [0.3, 0.4) is 0 Å². The van der Waals surface area contributed by atoms with Crippen LogP contribution in [0, 0.1) is 4.58 Å². The Bertz CT molecular complexity index is 754. The van der Waals surface area contributed by atoms with E-state index in [0.29, 0.717) is 6.92 Å². The standard InChI is InChI=1S/C11H11F6O8S2/c1-5(24-9(19)6-2-3-7(18)25-6)4-8(26(20,21)10(12,13)14)27(22,23)11(15,16)17/h5-6H,2-4H2,1H3/q-1. The van der Waals surface area contributed by atoms with E-state index in [1.165, 1.54) is 0 Å². The maximum absolute atomic E-state index is 12.6. The third kappa shape index (κ3) is 5.03. The lowest BCUT2D eigenvalue weighted by Gasteiger charge is -2.33. The lowest BCUT2D eigenvalue weighted by atomic mass is 10.2. The summed E-state index contributed by atoms with van der Waals surface area (Å²) in [5, 5.41) is 0. The van der Waals surface area contributed by atoms with E-state index in [1.54, 1.807) is 0 Å². The van der Waals surface area contributed by atoms with E-state index >= 15 is 0 Å². The molecule has 0 aromatic heterocycles. The molecule has 0 aliphatic carbocycles. The molecule has 0 bridgehead atoms. The van der Waals surface area contributed by atoms with E-state index in [0.717, 1.165) is 0 Å². The van der Waals surface area contributed by atoms with Crippen LogP contribution in [-0.2, 0) is 38.7 Å². The number of cyclic esters (lactones) is 1. The maximum atomic E-state index is 12.6. The Kier molecular flexibility index (Phi) is 6.47. The maximum Gasteiger partial charge on any atom is 0.469 e. The largest absolute Gasteiger partial charge is 0.469 e. The Morgan fingerprint density at radius 3 is 1.93 bits per heavy atom. The monoisotopic (exact) mass is 449 g/mol. The summed E-state index contributed by atoms with van der Waals surface area (Å²) in [6.07, 6.45) is -5.81. The Labute approximate surface area is 148 Å². The highest BCUT2D eigenvalue weighted by molar-refractivity contribution is 8.13. The second-order valence-corrected chi connectivity index (χ2v) is 9.42. The first kappa shape index (κ1) is 23.5. The zero-order valence-electron chi connectivity index (χ0n) is 13.1. The van der Waals surface area contributed by atoms with Gasteiger partial charge in [0.15, 0.2) is 6.10 Å². The zero-order valence-corrected chi connectivity index (χ0v) is 14.8. The van der Waals surface area contributed by atoms with Crippen molar-refractivity contribution in [3.05, 3.63) is 4.58 Å². The summed E-state index contributed by atoms with van der Waals surface area (Å²) in [6, 6.07) is 0. The second kappa shape index (κ2) is 7.44. The average molecular weight is 449 g/mol. The molecule has 0 saturated carbocycles. The lowest BCUT2D eigenvalue weighted by molar-refractivity contribution is -0.164. The minimum Gasteiger partial charge on any atom is -0.463 e. The molecule has 2 unspecified atom stereocenters. The molecule has 1 saturated heterocycles. The second-order valence-electron chi connectivity index (χ2n) is 5.24. The van der Waals surface area contributed by atoms with E-state index in [9.17, 15) is 52.8 Å². The Hall–Kier alpha value is -1.58. The van der Waals surface area contributed by atoms with Gasteiger partial charge in [-0.25, -0.2) is 4.79 Å². The van der Waals surface area contributed by atoms with Gasteiger partial charge in [0.05, 0.1) is 6.10 Å². The molecule has 1 aliphatic heterocycles. The number of rotatable bonds is 6. The predicted octanol–water partition coefficient (Wildman–Crippen LogP) is 1.37. The van der Waals surface area contributed by atoms with Crippen LogP contribution in [0.5, 0.6) is 0 Å². The minimum absolute atomic E-state index is 0.178. The molecular formula is C11H11F6O8S2-. The highest BCUT2D eigenvalue weighted by atomic mass is 32.3. The van der Waals surface area contributed by atoms with Crippen LogP contribution in [0.1, 0.15) is 26.2 Å². The van der Waals surface area contributed by atoms with E-state index in [2.05, 4.69) is 9.47 Å². The van der Waals surface area contributed by atoms with Crippen LogP contribution in [0.2, 0.25) is 0 Å². The molecule has 1 fully saturated rings. The quantitative estimate of drug-likeness (QED) is 0.339. The van der Waals surface area contributed by atoms with Crippen molar-refractivity contribution in [2.75, 3.05) is 0 Å². The zero-order chi connectivity index (χ0) is 21.4. The molecule has 158 valence electrons. The number of esters is 2. The number of alkyl halides is 6. The normalized spacial score (nSPS) is 20.4. The van der Waals surface area contributed by atoms with Gasteiger partial charge in [0.2, 0.25) is 0 Å². The van der Waals surface area contributed by atoms with Crippen molar-refractivity contribution in [3.8, 4) is 0 Å². The van der Waals surface area contributed by atoms with Gasteiger partial charge in [-0.15, -0.1) is 6.42 Å². The van der Waals surface area contributed by atoms with Crippen molar-refractivity contribution in [2.24, 2.45) is 0 Å². The van der Waals surface area contributed by atoms with Crippen LogP contribution in [0.25, 0.3) is 0 Å². The van der Waals surface area contributed by atoms with E-state index in [-0.39, 0.29) is 12.8 Å². The molecule has 0 N–H and O–H groups in total. The molecule has 0 aromatic carbocycles. The molecule has 1 rings (SSSR count). The van der Waals surface area contributed by atoms with Crippen LogP contribution >= 0.6 is 0 Å². The van der Waals surface area contributed by atoms with Crippen molar-refractivity contribution in [2.45, 2.75) is 49.4 Å². The molecule has 27 heavy (non-hydrogen) atoms. The fourth-order valence-corrected chi connectivity index (χ4v) is 5.01. The number of ether oxygens (including phenoxy) is 2. The fourth-order valence-electron chi connectivity index (χ4n) is 1.86. The van der Waals surface area contributed by atoms with Gasteiger partial charge in [-0.1, -0.05) is 4.58 Å². The van der Waals surface area contributed by atoms with Gasteiger partial charge in [0, 0.05) is 12.8 Å². The molecule has 1 aliphatic rings. The number of carbonyl (C=O) groups is 2. The smallest absolute Gasteiger partial charge is 0.463 e. The van der Waals surface area contributed by atoms with Gasteiger partial charge in [-0.3, -0.25) is 21.6 Å². The number of halogens is 6. The van der Waals surface area contributed by atoms with E-state index < -0.39 is 65.8 Å². The molecule has 0 amide bonds. The summed E-state index contributed by atoms with van der Waals surface area (Å²) >= 11 is 0. The summed E-state index contributed by atoms with van der Waals surface area (Å²) in [7, 11) is -13.8. The summed E-state index contributed by atoms with van der Waals surface area (Å²) < 4.78 is 127. The molecule has 0 spiro atoms. The van der Waals surface area contributed by atoms with Gasteiger partial charge in [-0.2, -0.15) is 26.3 Å². The topological polar surface area (TPSA) is 121 Å². The number of carbonyl (C=O) groups excluding carboxylic acids is 2. The molecule has 2 atom stereocenters. The summed E-state index contributed by atoms with van der Waals surface area (Å²) in [4.78, 5) is 22.5. The molecule has 16 heteroatoms. The first-order valence-corrected chi connectivity index (χ1v) is 9.76. The third-order valence-electron chi connectivity index (χ3n) is 3.13. The van der Waals surface area contributed by atoms with Crippen LogP contribution in [-0.4, -0.2) is 52.0 Å². The summed E-state index contributed by atoms with van der Waals surface area (Å²) in [5.74, 6) is -2.18.